The summed E-state index contributed by atoms with van der Waals surface area (Å²) < 4.78 is 5.52. The van der Waals surface area contributed by atoms with E-state index in [-0.39, 0.29) is 0 Å². The van der Waals surface area contributed by atoms with E-state index in [1.165, 1.54) is 6.08 Å². The molecule has 1 amide bonds. The molecule has 0 fully saturated rings. The van der Waals surface area contributed by atoms with Crippen LogP contribution in [-0.2, 0) is 4.79 Å². The minimum atomic E-state index is -0.657. The maximum Gasteiger partial charge on any atom is 0.242 e. The minimum absolute atomic E-state index is 0.523. The van der Waals surface area contributed by atoms with E-state index in [9.17, 15) is 4.79 Å². The first kappa shape index (κ1) is 11.7. The van der Waals surface area contributed by atoms with E-state index in [0.717, 1.165) is 11.6 Å². The Hall–Kier alpha value is -2.78. The Morgan fingerprint density at radius 2 is 2.00 bits per heavy atom. The van der Waals surface area contributed by atoms with Crippen molar-refractivity contribution in [1.29, 1.82) is 0 Å². The van der Waals surface area contributed by atoms with E-state index in [0.29, 0.717) is 11.5 Å². The van der Waals surface area contributed by atoms with Gasteiger partial charge in [0.25, 0.3) is 0 Å². The summed E-state index contributed by atoms with van der Waals surface area (Å²) in [6.07, 6.45) is 2.62. The summed E-state index contributed by atoms with van der Waals surface area (Å²) in [5, 5.41) is 2.92. The van der Waals surface area contributed by atoms with E-state index in [1.54, 1.807) is 6.07 Å². The molecule has 18 heavy (non-hydrogen) atoms. The van der Waals surface area contributed by atoms with Crippen LogP contribution in [0.25, 0.3) is 27.8 Å². The van der Waals surface area contributed by atoms with E-state index < -0.39 is 5.91 Å². The van der Waals surface area contributed by atoms with Crippen LogP contribution in [-0.4, -0.2) is 5.91 Å². The molecule has 1 aromatic heterocycles. The first-order chi connectivity index (χ1) is 8.79. The van der Waals surface area contributed by atoms with Crippen LogP contribution in [0.4, 0.5) is 0 Å². The van der Waals surface area contributed by atoms with Gasteiger partial charge in [-0.3, -0.25) is 4.79 Å². The highest BCUT2D eigenvalue weighted by molar-refractivity contribution is 5.92. The topological polar surface area (TPSA) is 79.0 Å². The molecule has 0 N–H and O–H groups in total. The summed E-state index contributed by atoms with van der Waals surface area (Å²) in [6, 6.07) is 13.2. The molecule has 1 aromatic carbocycles. The lowest BCUT2D eigenvalue weighted by atomic mass is 10.2. The van der Waals surface area contributed by atoms with Gasteiger partial charge in [-0.2, -0.15) is 0 Å². The normalized spacial score (nSPS) is 10.2. The minimum Gasteiger partial charge on any atom is -0.457 e. The van der Waals surface area contributed by atoms with Crippen LogP contribution in [0.15, 0.2) is 58.1 Å². The molecule has 0 saturated heterocycles. The van der Waals surface area contributed by atoms with Crippen molar-refractivity contribution in [2.45, 2.75) is 0 Å². The number of carbonyl (C=O) groups excluding carboxylic acids is 1. The highest BCUT2D eigenvalue weighted by Gasteiger charge is 2.02. The molecule has 5 heteroatoms. The summed E-state index contributed by atoms with van der Waals surface area (Å²) in [5.41, 5.74) is 9.02. The first-order valence-electron chi connectivity index (χ1n) is 5.22. The molecule has 88 valence electrons. The number of hydrogen-bond donors (Lipinski definition) is 0. The highest BCUT2D eigenvalue weighted by atomic mass is 16.3. The smallest absolute Gasteiger partial charge is 0.242 e. The van der Waals surface area contributed by atoms with Gasteiger partial charge in [0.2, 0.25) is 5.91 Å². The lowest BCUT2D eigenvalue weighted by Crippen LogP contribution is -1.81. The fraction of sp³-hybridized carbons (Fsp3) is 0. The van der Waals surface area contributed by atoms with Crippen molar-refractivity contribution in [1.82, 2.24) is 0 Å². The van der Waals surface area contributed by atoms with Crippen molar-refractivity contribution in [3.8, 4) is 11.3 Å². The quantitative estimate of drug-likeness (QED) is 0.353. The van der Waals surface area contributed by atoms with Gasteiger partial charge in [-0.15, -0.1) is 0 Å². The largest absolute Gasteiger partial charge is 0.457 e. The zero-order valence-corrected chi connectivity index (χ0v) is 9.35. The SMILES string of the molecule is [N-]=[N+]=NC(=O)C=Cc1ccc(-c2ccccc2)o1. The molecule has 0 spiro atoms. The van der Waals surface area contributed by atoms with Gasteiger partial charge in [-0.1, -0.05) is 30.3 Å². The molecule has 0 aliphatic heterocycles. The van der Waals surface area contributed by atoms with Gasteiger partial charge < -0.3 is 4.42 Å². The molecule has 2 rings (SSSR count). The predicted molar refractivity (Wildman–Crippen MR) is 67.3 cm³/mol. The van der Waals surface area contributed by atoms with Crippen LogP contribution in [0.5, 0.6) is 0 Å². The van der Waals surface area contributed by atoms with Crippen LogP contribution in [0.1, 0.15) is 5.76 Å². The molecule has 0 saturated carbocycles. The molecule has 0 bridgehead atoms. The van der Waals surface area contributed by atoms with Crippen LogP contribution in [0, 0.1) is 0 Å². The molecule has 0 atom stereocenters. The van der Waals surface area contributed by atoms with Crippen molar-refractivity contribution in [2.75, 3.05) is 0 Å². The monoisotopic (exact) mass is 239 g/mol. The predicted octanol–water partition coefficient (Wildman–Crippen LogP) is 3.80. The number of furan rings is 1. The summed E-state index contributed by atoms with van der Waals surface area (Å²) in [4.78, 5) is 13.3. The Bertz CT molecular complexity index is 623. The van der Waals surface area contributed by atoms with Gasteiger partial charge in [-0.25, -0.2) is 0 Å². The van der Waals surface area contributed by atoms with Crippen LogP contribution in [0.2, 0.25) is 0 Å². The van der Waals surface area contributed by atoms with E-state index in [2.05, 4.69) is 10.0 Å². The van der Waals surface area contributed by atoms with Crippen LogP contribution < -0.4 is 0 Å². The Morgan fingerprint density at radius 3 is 2.72 bits per heavy atom. The first-order valence-corrected chi connectivity index (χ1v) is 5.22. The summed E-state index contributed by atoms with van der Waals surface area (Å²) >= 11 is 0. The third kappa shape index (κ3) is 2.87. The van der Waals surface area contributed by atoms with E-state index >= 15 is 0 Å². The summed E-state index contributed by atoms with van der Waals surface area (Å²) in [7, 11) is 0. The van der Waals surface area contributed by atoms with Gasteiger partial charge in [0, 0.05) is 10.5 Å². The molecule has 0 aliphatic rings. The molecular weight excluding hydrogens is 230 g/mol. The fourth-order valence-corrected chi connectivity index (χ4v) is 1.43. The molecule has 0 unspecified atom stereocenters. The van der Waals surface area contributed by atoms with Crippen molar-refractivity contribution in [3.63, 3.8) is 0 Å². The molecule has 5 nitrogen and oxygen atoms in total. The maximum absolute atomic E-state index is 10.9. The number of carbonyl (C=O) groups is 1. The van der Waals surface area contributed by atoms with Gasteiger partial charge >= 0.3 is 0 Å². The Balaban J connectivity index is 2.16. The van der Waals surface area contributed by atoms with Crippen molar-refractivity contribution >= 4 is 12.0 Å². The zero-order chi connectivity index (χ0) is 12.8. The lowest BCUT2D eigenvalue weighted by Gasteiger charge is -1.94. The second-order valence-electron chi connectivity index (χ2n) is 3.43. The highest BCUT2D eigenvalue weighted by Crippen LogP contribution is 2.22. The Kier molecular flexibility index (Phi) is 3.59. The number of azide groups is 1. The summed E-state index contributed by atoms with van der Waals surface area (Å²) in [6.45, 7) is 0. The van der Waals surface area contributed by atoms with Crippen molar-refractivity contribution < 1.29 is 9.21 Å². The number of rotatable bonds is 3. The second kappa shape index (κ2) is 5.52. The molecule has 2 aromatic rings. The van der Waals surface area contributed by atoms with Crippen LogP contribution in [0.3, 0.4) is 0 Å². The van der Waals surface area contributed by atoms with Gasteiger partial charge in [0.1, 0.15) is 11.5 Å². The maximum atomic E-state index is 10.9. The zero-order valence-electron chi connectivity index (χ0n) is 9.35. The van der Waals surface area contributed by atoms with E-state index in [1.807, 2.05) is 36.4 Å². The number of amides is 1. The molecule has 1 heterocycles. The third-order valence-electron chi connectivity index (χ3n) is 2.22. The third-order valence-corrected chi connectivity index (χ3v) is 2.22. The van der Waals surface area contributed by atoms with Crippen molar-refractivity contribution in [3.05, 3.63) is 64.7 Å². The Morgan fingerprint density at radius 1 is 1.22 bits per heavy atom. The van der Waals surface area contributed by atoms with Gasteiger partial charge in [-0.05, 0) is 34.9 Å². The second-order valence-corrected chi connectivity index (χ2v) is 3.43. The van der Waals surface area contributed by atoms with E-state index in [4.69, 9.17) is 9.95 Å². The molecular formula is C13H9N3O2. The van der Waals surface area contributed by atoms with Gasteiger partial charge in [0.05, 0.1) is 0 Å². The van der Waals surface area contributed by atoms with Gasteiger partial charge in [0.15, 0.2) is 0 Å². The molecule has 0 radical (unpaired) electrons. The Labute approximate surface area is 103 Å². The van der Waals surface area contributed by atoms with Crippen molar-refractivity contribution in [2.24, 2.45) is 5.11 Å². The lowest BCUT2D eigenvalue weighted by molar-refractivity contribution is -0.113. The summed E-state index contributed by atoms with van der Waals surface area (Å²) in [5.74, 6) is 0.581. The average molecular weight is 239 g/mol. The number of hydrogen-bond acceptors (Lipinski definition) is 2. The number of benzene rings is 1. The standard InChI is InChI=1S/C13H9N3O2/c14-16-15-13(17)9-7-11-6-8-12(18-11)10-4-2-1-3-5-10/h1-9H. The number of nitrogens with zero attached hydrogens (tertiary/aromatic N) is 3. The van der Waals surface area contributed by atoms with Crippen LogP contribution >= 0.6 is 0 Å². The average Bonchev–Trinajstić information content (AvgIpc) is 2.87. The molecule has 0 aliphatic carbocycles. The fourth-order valence-electron chi connectivity index (χ4n) is 1.43.